The van der Waals surface area contributed by atoms with Gasteiger partial charge in [0.1, 0.15) is 6.54 Å². The van der Waals surface area contributed by atoms with Crippen LogP contribution in [0.1, 0.15) is 27.7 Å². The van der Waals surface area contributed by atoms with E-state index in [1.165, 1.54) is 10.9 Å². The molecule has 0 aliphatic heterocycles. The third-order valence-corrected chi connectivity index (χ3v) is 5.10. The first kappa shape index (κ1) is 21.6. The van der Waals surface area contributed by atoms with Gasteiger partial charge in [-0.25, -0.2) is 4.98 Å². The summed E-state index contributed by atoms with van der Waals surface area (Å²) < 4.78 is 2.22. The first-order valence-electron chi connectivity index (χ1n) is 9.50. The molecule has 6 nitrogen and oxygen atoms in total. The van der Waals surface area contributed by atoms with Crippen LogP contribution in [0.25, 0.3) is 10.9 Å². The summed E-state index contributed by atoms with van der Waals surface area (Å²) in [6.45, 7) is 12.6. The van der Waals surface area contributed by atoms with Gasteiger partial charge >= 0.3 is 0 Å². The van der Waals surface area contributed by atoms with Gasteiger partial charge in [0, 0.05) is 24.1 Å². The van der Waals surface area contributed by atoms with E-state index in [1.807, 2.05) is 11.0 Å². The van der Waals surface area contributed by atoms with Crippen LogP contribution in [0.3, 0.4) is 0 Å². The van der Waals surface area contributed by atoms with Gasteiger partial charge in [0.15, 0.2) is 0 Å². The second-order valence-electron chi connectivity index (χ2n) is 7.10. The fourth-order valence-electron chi connectivity index (χ4n) is 3.05. The highest BCUT2D eigenvalue weighted by Crippen LogP contribution is 2.14. The first-order chi connectivity index (χ1) is 12.8. The SMILES string of the molecule is CCN(CC)CCN(CC(C)C)C(=O)Cn1cnc2ccc(Br)cc2c1=O. The number of likely N-dealkylation sites (N-methyl/N-ethyl adjacent to an activating group) is 1. The molecule has 7 heteroatoms. The van der Waals surface area contributed by atoms with Gasteiger partial charge in [-0.1, -0.05) is 43.6 Å². The molecule has 1 amide bonds. The van der Waals surface area contributed by atoms with Crippen molar-refractivity contribution in [2.24, 2.45) is 5.92 Å². The predicted molar refractivity (Wildman–Crippen MR) is 113 cm³/mol. The van der Waals surface area contributed by atoms with Gasteiger partial charge in [-0.2, -0.15) is 0 Å². The molecule has 0 saturated carbocycles. The van der Waals surface area contributed by atoms with Crippen LogP contribution in [0.5, 0.6) is 0 Å². The summed E-state index contributed by atoms with van der Waals surface area (Å²) in [5.41, 5.74) is 0.440. The van der Waals surface area contributed by atoms with Crippen LogP contribution in [-0.2, 0) is 11.3 Å². The van der Waals surface area contributed by atoms with Gasteiger partial charge < -0.3 is 9.80 Å². The summed E-state index contributed by atoms with van der Waals surface area (Å²) >= 11 is 3.38. The molecule has 27 heavy (non-hydrogen) atoms. The average molecular weight is 437 g/mol. The average Bonchev–Trinajstić information content (AvgIpc) is 2.63. The molecule has 1 aromatic heterocycles. The lowest BCUT2D eigenvalue weighted by Gasteiger charge is -2.28. The second kappa shape index (κ2) is 9.99. The van der Waals surface area contributed by atoms with E-state index in [4.69, 9.17) is 0 Å². The molecule has 148 valence electrons. The van der Waals surface area contributed by atoms with Crippen LogP contribution >= 0.6 is 15.9 Å². The topological polar surface area (TPSA) is 58.4 Å². The Morgan fingerprint density at radius 2 is 1.93 bits per heavy atom. The van der Waals surface area contributed by atoms with E-state index in [1.54, 1.807) is 12.1 Å². The smallest absolute Gasteiger partial charge is 0.261 e. The standard InChI is InChI=1S/C20H29BrN4O2/c1-5-23(6-2)9-10-24(12-15(3)4)19(26)13-25-14-22-18-8-7-16(21)11-17(18)20(25)27/h7-8,11,14-15H,5-6,9-10,12-13H2,1-4H3. The molecule has 0 spiro atoms. The summed E-state index contributed by atoms with van der Waals surface area (Å²) in [7, 11) is 0. The monoisotopic (exact) mass is 436 g/mol. The van der Waals surface area contributed by atoms with Crippen LogP contribution < -0.4 is 5.56 Å². The van der Waals surface area contributed by atoms with Crippen molar-refractivity contribution in [3.8, 4) is 0 Å². The summed E-state index contributed by atoms with van der Waals surface area (Å²) in [5.74, 6) is 0.321. The number of rotatable bonds is 9. The normalized spacial score (nSPS) is 11.5. The van der Waals surface area contributed by atoms with Crippen molar-refractivity contribution in [1.82, 2.24) is 19.4 Å². The number of hydrogen-bond acceptors (Lipinski definition) is 4. The molecule has 0 aliphatic carbocycles. The molecule has 1 aromatic carbocycles. The third-order valence-electron chi connectivity index (χ3n) is 4.61. The van der Waals surface area contributed by atoms with Crippen LogP contribution in [-0.4, -0.2) is 58.0 Å². The minimum absolute atomic E-state index is 0.0132. The highest BCUT2D eigenvalue weighted by Gasteiger charge is 2.17. The van der Waals surface area contributed by atoms with Crippen molar-refractivity contribution < 1.29 is 4.79 Å². The molecule has 1 heterocycles. The lowest BCUT2D eigenvalue weighted by atomic mass is 10.2. The molecule has 0 bridgehead atoms. The summed E-state index contributed by atoms with van der Waals surface area (Å²) in [4.78, 5) is 34.1. The summed E-state index contributed by atoms with van der Waals surface area (Å²) in [6.07, 6.45) is 1.47. The highest BCUT2D eigenvalue weighted by molar-refractivity contribution is 9.10. The van der Waals surface area contributed by atoms with E-state index in [0.29, 0.717) is 29.9 Å². The fraction of sp³-hybridized carbons (Fsp3) is 0.550. The summed E-state index contributed by atoms with van der Waals surface area (Å²) in [5, 5.41) is 0.512. The zero-order valence-corrected chi connectivity index (χ0v) is 18.2. The molecule has 0 radical (unpaired) electrons. The van der Waals surface area contributed by atoms with Crippen LogP contribution in [0.4, 0.5) is 0 Å². The zero-order chi connectivity index (χ0) is 20.0. The van der Waals surface area contributed by atoms with Crippen molar-refractivity contribution in [2.45, 2.75) is 34.2 Å². The van der Waals surface area contributed by atoms with Gasteiger partial charge in [0.05, 0.1) is 17.2 Å². The van der Waals surface area contributed by atoms with Crippen molar-refractivity contribution >= 4 is 32.7 Å². The molecule has 2 rings (SSSR count). The van der Waals surface area contributed by atoms with Gasteiger partial charge in [-0.3, -0.25) is 14.2 Å². The van der Waals surface area contributed by atoms with Crippen molar-refractivity contribution in [2.75, 3.05) is 32.7 Å². The highest BCUT2D eigenvalue weighted by atomic mass is 79.9. The Morgan fingerprint density at radius 3 is 2.56 bits per heavy atom. The van der Waals surface area contributed by atoms with Gasteiger partial charge in [0.25, 0.3) is 5.56 Å². The molecule has 0 N–H and O–H groups in total. The van der Waals surface area contributed by atoms with Crippen molar-refractivity contribution in [3.05, 3.63) is 39.4 Å². The Kier molecular flexibility index (Phi) is 7.98. The third kappa shape index (κ3) is 5.87. The van der Waals surface area contributed by atoms with E-state index < -0.39 is 0 Å². The number of halogens is 1. The Balaban J connectivity index is 2.19. The molecule has 0 aliphatic rings. The minimum atomic E-state index is -0.192. The molecule has 0 saturated heterocycles. The Labute approximate surface area is 169 Å². The Hall–Kier alpha value is -1.73. The number of hydrogen-bond donors (Lipinski definition) is 0. The maximum atomic E-state index is 12.9. The molecule has 0 atom stereocenters. The number of nitrogens with zero attached hydrogens (tertiary/aromatic N) is 4. The van der Waals surface area contributed by atoms with Crippen molar-refractivity contribution in [3.63, 3.8) is 0 Å². The van der Waals surface area contributed by atoms with E-state index in [9.17, 15) is 9.59 Å². The number of carbonyl (C=O) groups excluding carboxylic acids is 1. The molecule has 0 unspecified atom stereocenters. The Morgan fingerprint density at radius 1 is 1.22 bits per heavy atom. The number of carbonyl (C=O) groups is 1. The maximum Gasteiger partial charge on any atom is 0.261 e. The quantitative estimate of drug-likeness (QED) is 0.605. The zero-order valence-electron chi connectivity index (χ0n) is 16.6. The number of fused-ring (bicyclic) bond motifs is 1. The van der Waals surface area contributed by atoms with Crippen LogP contribution in [0.2, 0.25) is 0 Å². The van der Waals surface area contributed by atoms with E-state index in [0.717, 1.165) is 24.1 Å². The van der Waals surface area contributed by atoms with Gasteiger partial charge in [-0.15, -0.1) is 0 Å². The second-order valence-corrected chi connectivity index (χ2v) is 8.02. The predicted octanol–water partition coefficient (Wildman–Crippen LogP) is 2.99. The number of amides is 1. The number of aromatic nitrogens is 2. The lowest BCUT2D eigenvalue weighted by Crippen LogP contribution is -2.43. The van der Waals surface area contributed by atoms with Crippen molar-refractivity contribution in [1.29, 1.82) is 0 Å². The van der Waals surface area contributed by atoms with E-state index in [2.05, 4.69) is 53.5 Å². The lowest BCUT2D eigenvalue weighted by molar-refractivity contribution is -0.132. The van der Waals surface area contributed by atoms with E-state index >= 15 is 0 Å². The Bertz CT molecular complexity index is 830. The molecule has 2 aromatic rings. The van der Waals surface area contributed by atoms with Gasteiger partial charge in [0.2, 0.25) is 5.91 Å². The molecular formula is C20H29BrN4O2. The summed E-state index contributed by atoms with van der Waals surface area (Å²) in [6, 6.07) is 5.39. The number of benzene rings is 1. The minimum Gasteiger partial charge on any atom is -0.340 e. The van der Waals surface area contributed by atoms with E-state index in [-0.39, 0.29) is 18.0 Å². The largest absolute Gasteiger partial charge is 0.340 e. The van der Waals surface area contributed by atoms with Gasteiger partial charge in [-0.05, 0) is 37.2 Å². The maximum absolute atomic E-state index is 12.9. The molecule has 0 fully saturated rings. The molecular weight excluding hydrogens is 408 g/mol. The van der Waals surface area contributed by atoms with Crippen LogP contribution in [0.15, 0.2) is 33.8 Å². The fourth-order valence-corrected chi connectivity index (χ4v) is 3.41. The van der Waals surface area contributed by atoms with Crippen LogP contribution in [0, 0.1) is 5.92 Å². The first-order valence-corrected chi connectivity index (χ1v) is 10.3.